The molecular formula is C14H18Cl4SSi. The summed E-state index contributed by atoms with van der Waals surface area (Å²) >= 11 is 25.6. The Labute approximate surface area is 145 Å². The number of unbranched alkanes of at least 4 members (excludes halogenated alkanes) is 3. The van der Waals surface area contributed by atoms with Gasteiger partial charge in [0.2, 0.25) is 0 Å². The van der Waals surface area contributed by atoms with Gasteiger partial charge in [0.15, 0.2) is 0 Å². The predicted octanol–water partition coefficient (Wildman–Crippen LogP) is 7.48. The second-order valence-electron chi connectivity index (χ2n) is 4.52. The number of allylic oxidation sites excluding steroid dienone is 1. The van der Waals surface area contributed by atoms with Gasteiger partial charge in [0.05, 0.1) is 0 Å². The molecule has 112 valence electrons. The standard InChI is InChI=1S/C14H18Cl4SSi/c1-2-3-4-5-6-14(11-20(16,17)18)19-13-9-7-12(15)8-10-13/h7-11H,2-6H2,1H3/b14-11-. The average molecular weight is 388 g/mol. The molecule has 0 nitrogen and oxygen atoms in total. The summed E-state index contributed by atoms with van der Waals surface area (Å²) in [6, 6.07) is 5.00. The number of hydrogen-bond acceptors (Lipinski definition) is 1. The highest BCUT2D eigenvalue weighted by Crippen LogP contribution is 2.35. The number of thioether (sulfide) groups is 1. The molecular weight excluding hydrogens is 370 g/mol. The predicted molar refractivity (Wildman–Crippen MR) is 97.5 cm³/mol. The van der Waals surface area contributed by atoms with E-state index >= 15 is 0 Å². The van der Waals surface area contributed by atoms with E-state index in [2.05, 4.69) is 6.92 Å². The molecule has 1 aromatic carbocycles. The summed E-state index contributed by atoms with van der Waals surface area (Å²) in [4.78, 5) is 2.27. The Morgan fingerprint density at radius 1 is 1.10 bits per heavy atom. The smallest absolute Gasteiger partial charge is 0.121 e. The molecule has 0 aromatic heterocycles. The van der Waals surface area contributed by atoms with Crippen LogP contribution in [0.4, 0.5) is 0 Å². The second-order valence-corrected chi connectivity index (χ2v) is 14.6. The van der Waals surface area contributed by atoms with Gasteiger partial charge in [-0.05, 0) is 47.7 Å². The lowest BCUT2D eigenvalue weighted by molar-refractivity contribution is 0.672. The van der Waals surface area contributed by atoms with Crippen molar-refractivity contribution in [1.82, 2.24) is 0 Å². The van der Waals surface area contributed by atoms with Crippen molar-refractivity contribution in [2.24, 2.45) is 0 Å². The molecule has 0 bridgehead atoms. The molecule has 0 saturated carbocycles. The Hall–Kier alpha value is 0.687. The van der Waals surface area contributed by atoms with Gasteiger partial charge >= 0.3 is 6.00 Å². The molecule has 0 fully saturated rings. The van der Waals surface area contributed by atoms with Gasteiger partial charge < -0.3 is 0 Å². The molecule has 0 N–H and O–H groups in total. The van der Waals surface area contributed by atoms with Crippen LogP contribution in [0.5, 0.6) is 0 Å². The van der Waals surface area contributed by atoms with Gasteiger partial charge in [-0.2, -0.15) is 0 Å². The first-order valence-corrected chi connectivity index (χ1v) is 12.9. The summed E-state index contributed by atoms with van der Waals surface area (Å²) in [6.07, 6.45) is 5.80. The topological polar surface area (TPSA) is 0 Å². The Kier molecular flexibility index (Phi) is 9.04. The minimum atomic E-state index is -2.75. The van der Waals surface area contributed by atoms with Gasteiger partial charge in [-0.3, -0.25) is 0 Å². The maximum atomic E-state index is 6.02. The summed E-state index contributed by atoms with van der Waals surface area (Å²) in [6.45, 7) is 2.20. The van der Waals surface area contributed by atoms with Gasteiger partial charge in [0.25, 0.3) is 0 Å². The number of rotatable bonds is 8. The highest BCUT2D eigenvalue weighted by atomic mass is 35.8. The third-order valence-electron chi connectivity index (χ3n) is 2.66. The highest BCUT2D eigenvalue weighted by Gasteiger charge is 2.22. The largest absolute Gasteiger partial charge is 0.366 e. The van der Waals surface area contributed by atoms with Crippen LogP contribution in [-0.2, 0) is 0 Å². The van der Waals surface area contributed by atoms with Crippen LogP contribution in [0.1, 0.15) is 39.0 Å². The SMILES string of the molecule is CCCCCC/C(=C/[Si](Cl)(Cl)Cl)Sc1ccc(Cl)cc1. The van der Waals surface area contributed by atoms with Crippen molar-refractivity contribution >= 4 is 62.6 Å². The number of benzene rings is 1. The average Bonchev–Trinajstić information content (AvgIpc) is 2.35. The Morgan fingerprint density at radius 3 is 2.30 bits per heavy atom. The maximum absolute atomic E-state index is 6.02. The van der Waals surface area contributed by atoms with Crippen molar-refractivity contribution in [3.05, 3.63) is 39.9 Å². The molecule has 0 aliphatic heterocycles. The van der Waals surface area contributed by atoms with Crippen molar-refractivity contribution < 1.29 is 0 Å². The number of hydrogen-bond donors (Lipinski definition) is 0. The zero-order valence-electron chi connectivity index (χ0n) is 11.3. The van der Waals surface area contributed by atoms with Gasteiger partial charge in [-0.15, -0.1) is 33.2 Å². The summed E-state index contributed by atoms with van der Waals surface area (Å²) in [5, 5.41) is 0.735. The van der Waals surface area contributed by atoms with Crippen molar-refractivity contribution in [2.45, 2.75) is 43.9 Å². The zero-order chi connectivity index (χ0) is 15.0. The fourth-order valence-electron chi connectivity index (χ4n) is 1.72. The van der Waals surface area contributed by atoms with Gasteiger partial charge in [0.1, 0.15) is 0 Å². The van der Waals surface area contributed by atoms with E-state index in [1.807, 2.05) is 30.0 Å². The van der Waals surface area contributed by atoms with E-state index < -0.39 is 6.00 Å². The molecule has 0 unspecified atom stereocenters. The third-order valence-corrected chi connectivity index (χ3v) is 5.87. The van der Waals surface area contributed by atoms with Crippen molar-refractivity contribution in [2.75, 3.05) is 0 Å². The van der Waals surface area contributed by atoms with E-state index in [1.165, 1.54) is 19.3 Å². The normalized spacial score (nSPS) is 12.8. The molecule has 0 saturated heterocycles. The summed E-state index contributed by atoms with van der Waals surface area (Å²) in [5.74, 6) is 0. The lowest BCUT2D eigenvalue weighted by atomic mass is 10.1. The van der Waals surface area contributed by atoms with E-state index in [-0.39, 0.29) is 0 Å². The van der Waals surface area contributed by atoms with Crippen LogP contribution in [0.15, 0.2) is 39.8 Å². The lowest BCUT2D eigenvalue weighted by Crippen LogP contribution is -2.05. The number of halogens is 4. The van der Waals surface area contributed by atoms with Crippen LogP contribution >= 0.6 is 56.6 Å². The maximum Gasteiger partial charge on any atom is 0.366 e. The van der Waals surface area contributed by atoms with Crippen LogP contribution in [-0.4, -0.2) is 6.00 Å². The molecule has 1 aromatic rings. The molecule has 0 atom stereocenters. The van der Waals surface area contributed by atoms with Crippen LogP contribution in [0.2, 0.25) is 5.02 Å². The molecule has 1 rings (SSSR count). The van der Waals surface area contributed by atoms with E-state index in [0.29, 0.717) is 0 Å². The van der Waals surface area contributed by atoms with Crippen molar-refractivity contribution in [3.63, 3.8) is 0 Å². The molecule has 6 heteroatoms. The molecule has 0 spiro atoms. The zero-order valence-corrected chi connectivity index (χ0v) is 16.2. The minimum Gasteiger partial charge on any atom is -0.121 e. The fraction of sp³-hybridized carbons (Fsp3) is 0.429. The lowest BCUT2D eigenvalue weighted by Gasteiger charge is -2.10. The molecule has 20 heavy (non-hydrogen) atoms. The van der Waals surface area contributed by atoms with E-state index in [4.69, 9.17) is 44.8 Å². The first kappa shape index (κ1) is 18.7. The molecule has 0 amide bonds. The van der Waals surface area contributed by atoms with Crippen molar-refractivity contribution in [1.29, 1.82) is 0 Å². The Morgan fingerprint density at radius 2 is 1.75 bits per heavy atom. The summed E-state index contributed by atoms with van der Waals surface area (Å²) in [5.41, 5.74) is 1.85. The third kappa shape index (κ3) is 8.86. The van der Waals surface area contributed by atoms with E-state index in [9.17, 15) is 0 Å². The summed E-state index contributed by atoms with van der Waals surface area (Å²) in [7, 11) is 0. The Balaban J connectivity index is 2.67. The van der Waals surface area contributed by atoms with Crippen LogP contribution < -0.4 is 0 Å². The summed E-state index contributed by atoms with van der Waals surface area (Å²) < 4.78 is 0. The van der Waals surface area contributed by atoms with E-state index in [0.717, 1.165) is 27.7 Å². The van der Waals surface area contributed by atoms with E-state index in [1.54, 1.807) is 11.8 Å². The van der Waals surface area contributed by atoms with Crippen LogP contribution in [0.3, 0.4) is 0 Å². The van der Waals surface area contributed by atoms with Gasteiger partial charge in [-0.1, -0.05) is 49.5 Å². The Bertz CT molecular complexity index is 426. The van der Waals surface area contributed by atoms with Gasteiger partial charge in [-0.25, -0.2) is 0 Å². The van der Waals surface area contributed by atoms with Crippen LogP contribution in [0.25, 0.3) is 0 Å². The first-order valence-electron chi connectivity index (χ1n) is 6.62. The molecule has 0 aliphatic carbocycles. The first-order chi connectivity index (χ1) is 9.40. The quantitative estimate of drug-likeness (QED) is 0.193. The van der Waals surface area contributed by atoms with Gasteiger partial charge in [0, 0.05) is 9.92 Å². The minimum absolute atomic E-state index is 0.735. The fourth-order valence-corrected chi connectivity index (χ4v) is 5.71. The van der Waals surface area contributed by atoms with Crippen molar-refractivity contribution in [3.8, 4) is 0 Å². The van der Waals surface area contributed by atoms with Crippen LogP contribution in [0, 0.1) is 0 Å². The molecule has 0 aliphatic rings. The molecule has 0 heterocycles. The monoisotopic (exact) mass is 386 g/mol. The second kappa shape index (κ2) is 9.65. The molecule has 0 radical (unpaired) electrons. The highest BCUT2D eigenvalue weighted by molar-refractivity contribution is 8.03.